The molecule has 0 bridgehead atoms. The molecule has 4 heterocycles. The second kappa shape index (κ2) is 8.43. The molecular weight excluding hydrogens is 426 g/mol. The number of imidazole rings is 1. The third-order valence-corrected chi connectivity index (χ3v) is 7.05. The maximum Gasteiger partial charge on any atom is 0.162 e. The third kappa shape index (κ3) is 3.45. The number of nitrogens with zero attached hydrogens (tertiary/aromatic N) is 7. The molecule has 1 saturated heterocycles. The van der Waals surface area contributed by atoms with Crippen LogP contribution in [0.25, 0.3) is 11.4 Å². The van der Waals surface area contributed by atoms with Gasteiger partial charge in [0, 0.05) is 19.0 Å². The minimum absolute atomic E-state index is 0.436. The molecule has 0 unspecified atom stereocenters. The summed E-state index contributed by atoms with van der Waals surface area (Å²) in [6.07, 6.45) is 4.54. The van der Waals surface area contributed by atoms with Gasteiger partial charge in [0.15, 0.2) is 5.69 Å². The Balaban J connectivity index is 1.32. The number of likely N-dealkylation sites (tertiary alicyclic amines) is 1. The van der Waals surface area contributed by atoms with E-state index in [0.717, 1.165) is 66.7 Å². The summed E-state index contributed by atoms with van der Waals surface area (Å²) in [5.41, 5.74) is 6.45. The first-order chi connectivity index (χ1) is 16.7. The molecule has 2 aromatic carbocycles. The van der Waals surface area contributed by atoms with E-state index in [0.29, 0.717) is 18.0 Å². The zero-order valence-electron chi connectivity index (χ0n) is 19.1. The van der Waals surface area contributed by atoms with Crippen molar-refractivity contribution in [3.05, 3.63) is 83.2 Å². The highest BCUT2D eigenvalue weighted by Crippen LogP contribution is 2.33. The molecule has 1 fully saturated rings. The molecule has 170 valence electrons. The zero-order valence-corrected chi connectivity index (χ0v) is 19.1. The number of benzene rings is 2. The van der Waals surface area contributed by atoms with Gasteiger partial charge in [0.1, 0.15) is 23.8 Å². The van der Waals surface area contributed by atoms with Crippen LogP contribution in [0.3, 0.4) is 0 Å². The zero-order chi connectivity index (χ0) is 23.1. The molecule has 0 atom stereocenters. The number of nitriles is 1. The van der Waals surface area contributed by atoms with Crippen molar-refractivity contribution in [2.75, 3.05) is 20.2 Å². The highest BCUT2D eigenvalue weighted by molar-refractivity contribution is 5.59. The number of methoxy groups -OCH3 is 1. The fraction of sp³-hybridized carbons (Fsp3) is 0.308. The normalized spacial score (nSPS) is 15.6. The van der Waals surface area contributed by atoms with Gasteiger partial charge in [-0.3, -0.25) is 9.47 Å². The van der Waals surface area contributed by atoms with Crippen LogP contribution < -0.4 is 4.74 Å². The highest BCUT2D eigenvalue weighted by atomic mass is 16.5. The lowest BCUT2D eigenvalue weighted by molar-refractivity contribution is 0.202. The summed E-state index contributed by atoms with van der Waals surface area (Å²) in [4.78, 5) is 6.81. The predicted octanol–water partition coefficient (Wildman–Crippen LogP) is 3.62. The van der Waals surface area contributed by atoms with Gasteiger partial charge in [-0.25, -0.2) is 9.67 Å². The van der Waals surface area contributed by atoms with Gasteiger partial charge in [-0.15, -0.1) is 5.10 Å². The Morgan fingerprint density at radius 1 is 1.06 bits per heavy atom. The molecule has 0 N–H and O–H groups in total. The van der Waals surface area contributed by atoms with Crippen molar-refractivity contribution in [3.8, 4) is 23.2 Å². The van der Waals surface area contributed by atoms with Crippen LogP contribution in [-0.4, -0.2) is 49.6 Å². The van der Waals surface area contributed by atoms with Crippen LogP contribution in [0.4, 0.5) is 0 Å². The van der Waals surface area contributed by atoms with Gasteiger partial charge in [0.2, 0.25) is 0 Å². The van der Waals surface area contributed by atoms with E-state index >= 15 is 0 Å². The molecule has 2 aliphatic heterocycles. The first-order valence-electron chi connectivity index (χ1n) is 11.6. The van der Waals surface area contributed by atoms with Crippen LogP contribution in [0.2, 0.25) is 0 Å². The molecular formula is C26H25N7O. The van der Waals surface area contributed by atoms with Gasteiger partial charge in [-0.05, 0) is 49.5 Å². The summed E-state index contributed by atoms with van der Waals surface area (Å²) >= 11 is 0. The lowest BCUT2D eigenvalue weighted by atomic mass is 9.89. The van der Waals surface area contributed by atoms with Crippen LogP contribution in [0.1, 0.15) is 47.1 Å². The number of piperidine rings is 1. The molecule has 2 aliphatic rings. The largest absolute Gasteiger partial charge is 0.497 e. The van der Waals surface area contributed by atoms with E-state index in [-0.39, 0.29) is 0 Å². The van der Waals surface area contributed by atoms with Crippen LogP contribution in [0.5, 0.6) is 5.75 Å². The standard InChI is InChI=1S/C26H25N7O/c1-34-20-7-8-23-26(13-20)33-25(14-24-21(15-27)28-17-32(23)24)22(29-30-33)16-31-11-9-19(10-12-31)18-5-3-2-4-6-18/h2-8,13,17,19H,9-12,14,16H2,1H3. The first kappa shape index (κ1) is 20.6. The third-order valence-electron chi connectivity index (χ3n) is 7.05. The van der Waals surface area contributed by atoms with E-state index < -0.39 is 0 Å². The second-order valence-corrected chi connectivity index (χ2v) is 8.91. The van der Waals surface area contributed by atoms with Gasteiger partial charge in [0.05, 0.1) is 29.9 Å². The molecule has 2 aromatic heterocycles. The van der Waals surface area contributed by atoms with Crippen LogP contribution in [0.15, 0.2) is 54.9 Å². The van der Waals surface area contributed by atoms with Gasteiger partial charge < -0.3 is 4.74 Å². The fourth-order valence-corrected chi connectivity index (χ4v) is 5.19. The molecule has 0 radical (unpaired) electrons. The second-order valence-electron chi connectivity index (χ2n) is 8.91. The molecule has 0 aliphatic carbocycles. The Labute approximate surface area is 198 Å². The van der Waals surface area contributed by atoms with E-state index in [1.54, 1.807) is 13.4 Å². The first-order valence-corrected chi connectivity index (χ1v) is 11.6. The minimum Gasteiger partial charge on any atom is -0.497 e. The van der Waals surface area contributed by atoms with E-state index in [9.17, 15) is 5.26 Å². The van der Waals surface area contributed by atoms with Gasteiger partial charge >= 0.3 is 0 Å². The predicted molar refractivity (Wildman–Crippen MR) is 126 cm³/mol. The number of ether oxygens (including phenoxy) is 1. The Kier molecular flexibility index (Phi) is 5.12. The van der Waals surface area contributed by atoms with Crippen molar-refractivity contribution in [2.45, 2.75) is 31.7 Å². The molecule has 8 heteroatoms. The quantitative estimate of drug-likeness (QED) is 0.415. The summed E-state index contributed by atoms with van der Waals surface area (Å²) < 4.78 is 9.36. The Hall–Kier alpha value is -3.96. The lowest BCUT2D eigenvalue weighted by Gasteiger charge is -2.31. The molecule has 6 rings (SSSR count). The van der Waals surface area contributed by atoms with Crippen LogP contribution >= 0.6 is 0 Å². The Morgan fingerprint density at radius 2 is 1.88 bits per heavy atom. The fourth-order valence-electron chi connectivity index (χ4n) is 5.19. The topological polar surface area (TPSA) is 84.8 Å². The smallest absolute Gasteiger partial charge is 0.162 e. The van der Waals surface area contributed by atoms with Crippen LogP contribution in [0, 0.1) is 11.3 Å². The number of hydrogen-bond acceptors (Lipinski definition) is 6. The van der Waals surface area contributed by atoms with Gasteiger partial charge in [-0.2, -0.15) is 5.26 Å². The number of rotatable bonds is 4. The van der Waals surface area contributed by atoms with Crippen LogP contribution in [-0.2, 0) is 13.0 Å². The SMILES string of the molecule is COc1ccc2c(c1)-n1nnc(CN3CCC(c4ccccc4)CC3)c1Cc1c(C#N)ncn1-2. The van der Waals surface area contributed by atoms with Gasteiger partial charge in [0.25, 0.3) is 0 Å². The maximum atomic E-state index is 9.66. The molecule has 4 aromatic rings. The molecule has 34 heavy (non-hydrogen) atoms. The average Bonchev–Trinajstić information content (AvgIpc) is 3.45. The number of fused-ring (bicyclic) bond motifs is 5. The summed E-state index contributed by atoms with van der Waals surface area (Å²) in [7, 11) is 1.65. The summed E-state index contributed by atoms with van der Waals surface area (Å²) in [6.45, 7) is 2.79. The highest BCUT2D eigenvalue weighted by Gasteiger charge is 2.28. The van der Waals surface area contributed by atoms with E-state index in [1.807, 2.05) is 27.4 Å². The molecule has 0 saturated carbocycles. The summed E-state index contributed by atoms with van der Waals surface area (Å²) in [5, 5.41) is 18.8. The van der Waals surface area contributed by atoms with E-state index in [2.05, 4.69) is 56.6 Å². The monoisotopic (exact) mass is 451 g/mol. The van der Waals surface area contributed by atoms with Crippen molar-refractivity contribution in [1.82, 2.24) is 29.4 Å². The van der Waals surface area contributed by atoms with E-state index in [1.165, 1.54) is 5.56 Å². The molecule has 8 nitrogen and oxygen atoms in total. The molecule has 0 amide bonds. The Morgan fingerprint density at radius 3 is 2.65 bits per heavy atom. The van der Waals surface area contributed by atoms with Crippen molar-refractivity contribution >= 4 is 0 Å². The average molecular weight is 452 g/mol. The van der Waals surface area contributed by atoms with Crippen molar-refractivity contribution in [1.29, 1.82) is 5.26 Å². The Bertz CT molecular complexity index is 1370. The van der Waals surface area contributed by atoms with Gasteiger partial charge in [-0.1, -0.05) is 35.5 Å². The van der Waals surface area contributed by atoms with Crippen molar-refractivity contribution in [3.63, 3.8) is 0 Å². The minimum atomic E-state index is 0.436. The molecule has 0 spiro atoms. The van der Waals surface area contributed by atoms with E-state index in [4.69, 9.17) is 4.74 Å². The van der Waals surface area contributed by atoms with Crippen molar-refractivity contribution < 1.29 is 4.74 Å². The van der Waals surface area contributed by atoms with Crippen molar-refractivity contribution in [2.24, 2.45) is 0 Å². The maximum absolute atomic E-state index is 9.66. The number of aromatic nitrogens is 5. The number of hydrogen-bond donors (Lipinski definition) is 0. The summed E-state index contributed by atoms with van der Waals surface area (Å²) in [6, 6.07) is 18.9. The summed E-state index contributed by atoms with van der Waals surface area (Å²) in [5.74, 6) is 1.36. The lowest BCUT2D eigenvalue weighted by Crippen LogP contribution is -2.33.